The third-order valence-corrected chi connectivity index (χ3v) is 8.57. The first-order valence-electron chi connectivity index (χ1n) is 13.4. The Morgan fingerprint density at radius 1 is 0.500 bits per heavy atom. The van der Waals surface area contributed by atoms with E-state index in [4.69, 9.17) is 0 Å². The lowest BCUT2D eigenvalue weighted by molar-refractivity contribution is 0.661. The molecule has 1 heteroatoms. The normalized spacial score (nSPS) is 13.7. The molecular formula is C37H27N. The van der Waals surface area contributed by atoms with Gasteiger partial charge in [0.05, 0.1) is 11.0 Å². The topological polar surface area (TPSA) is 4.93 Å². The molecule has 0 bridgehead atoms. The Morgan fingerprint density at radius 2 is 1.26 bits per heavy atom. The van der Waals surface area contributed by atoms with E-state index in [9.17, 15) is 0 Å². The summed E-state index contributed by atoms with van der Waals surface area (Å²) in [6.45, 7) is 4.71. The average molecular weight is 486 g/mol. The second-order valence-electron chi connectivity index (χ2n) is 11.0. The largest absolute Gasteiger partial charge is 0.309 e. The highest BCUT2D eigenvalue weighted by atomic mass is 15.0. The highest BCUT2D eigenvalue weighted by Crippen LogP contribution is 2.51. The predicted octanol–water partition coefficient (Wildman–Crippen LogP) is 9.91. The van der Waals surface area contributed by atoms with Crippen molar-refractivity contribution in [2.45, 2.75) is 19.3 Å². The van der Waals surface area contributed by atoms with Crippen LogP contribution in [0.5, 0.6) is 0 Å². The Kier molecular flexibility index (Phi) is 4.35. The number of aromatic nitrogens is 1. The van der Waals surface area contributed by atoms with Gasteiger partial charge in [-0.25, -0.2) is 0 Å². The second-order valence-corrected chi connectivity index (χ2v) is 11.0. The van der Waals surface area contributed by atoms with Crippen molar-refractivity contribution < 1.29 is 0 Å². The zero-order valence-electron chi connectivity index (χ0n) is 21.6. The molecule has 8 rings (SSSR count). The van der Waals surface area contributed by atoms with Crippen molar-refractivity contribution in [2.24, 2.45) is 0 Å². The van der Waals surface area contributed by atoms with E-state index in [0.717, 1.165) is 0 Å². The molecule has 0 N–H and O–H groups in total. The molecule has 1 nitrogen and oxygen atoms in total. The van der Waals surface area contributed by atoms with Gasteiger partial charge in [0, 0.05) is 21.9 Å². The van der Waals surface area contributed by atoms with Crippen molar-refractivity contribution in [1.82, 2.24) is 4.57 Å². The Morgan fingerprint density at radius 3 is 2.16 bits per heavy atom. The average Bonchev–Trinajstić information content (AvgIpc) is 3.41. The fourth-order valence-electron chi connectivity index (χ4n) is 6.72. The van der Waals surface area contributed by atoms with E-state index in [1.165, 1.54) is 71.6 Å². The number of fused-ring (bicyclic) bond motifs is 8. The predicted molar refractivity (Wildman–Crippen MR) is 161 cm³/mol. The van der Waals surface area contributed by atoms with Gasteiger partial charge in [0.25, 0.3) is 0 Å². The molecule has 0 fully saturated rings. The lowest BCUT2D eigenvalue weighted by Crippen LogP contribution is -2.14. The van der Waals surface area contributed by atoms with Crippen LogP contribution in [-0.2, 0) is 5.41 Å². The summed E-state index contributed by atoms with van der Waals surface area (Å²) in [5, 5.41) is 5.22. The number of para-hydroxylation sites is 1. The molecule has 1 aliphatic carbocycles. The van der Waals surface area contributed by atoms with Gasteiger partial charge in [-0.1, -0.05) is 111 Å². The van der Waals surface area contributed by atoms with Crippen LogP contribution in [0.4, 0.5) is 0 Å². The summed E-state index contributed by atoms with van der Waals surface area (Å²) in [6, 6.07) is 46.8. The lowest BCUT2D eigenvalue weighted by atomic mass is 9.82. The molecule has 0 saturated heterocycles. The van der Waals surface area contributed by atoms with E-state index in [1.54, 1.807) is 0 Å². The number of hydrogen-bond donors (Lipinski definition) is 0. The van der Waals surface area contributed by atoms with E-state index in [0.29, 0.717) is 0 Å². The zero-order valence-corrected chi connectivity index (χ0v) is 21.6. The van der Waals surface area contributed by atoms with Crippen LogP contribution in [0.2, 0.25) is 0 Å². The SMILES string of the molecule is CC1(C)c2ccccc2-c2c1ccc1cc3c(cc21)c1ccccc1n3-c1cccc(-c2ccccc2)c1. The Bertz CT molecular complexity index is 2040. The van der Waals surface area contributed by atoms with Gasteiger partial charge in [0.15, 0.2) is 0 Å². The molecule has 1 aliphatic rings. The maximum absolute atomic E-state index is 2.45. The smallest absolute Gasteiger partial charge is 0.0547 e. The van der Waals surface area contributed by atoms with Gasteiger partial charge in [-0.3, -0.25) is 0 Å². The van der Waals surface area contributed by atoms with Crippen LogP contribution in [0, 0.1) is 0 Å². The summed E-state index contributed by atoms with van der Waals surface area (Å²) in [4.78, 5) is 0. The quantitative estimate of drug-likeness (QED) is 0.230. The summed E-state index contributed by atoms with van der Waals surface area (Å²) in [7, 11) is 0. The van der Waals surface area contributed by atoms with Crippen LogP contribution in [0.3, 0.4) is 0 Å². The van der Waals surface area contributed by atoms with Crippen molar-refractivity contribution in [3.05, 3.63) is 139 Å². The number of benzene rings is 6. The van der Waals surface area contributed by atoms with Crippen LogP contribution in [0.15, 0.2) is 127 Å². The monoisotopic (exact) mass is 485 g/mol. The van der Waals surface area contributed by atoms with Crippen molar-refractivity contribution in [3.8, 4) is 27.9 Å². The van der Waals surface area contributed by atoms with E-state index in [1.807, 2.05) is 0 Å². The number of nitrogens with zero attached hydrogens (tertiary/aromatic N) is 1. The molecule has 0 aliphatic heterocycles. The fourth-order valence-corrected chi connectivity index (χ4v) is 6.72. The Balaban J connectivity index is 1.45. The van der Waals surface area contributed by atoms with Gasteiger partial charge < -0.3 is 4.57 Å². The highest BCUT2D eigenvalue weighted by Gasteiger charge is 2.36. The van der Waals surface area contributed by atoms with Crippen molar-refractivity contribution in [2.75, 3.05) is 0 Å². The minimum absolute atomic E-state index is 0.000944. The van der Waals surface area contributed by atoms with Gasteiger partial charge in [0.1, 0.15) is 0 Å². The molecule has 6 aromatic carbocycles. The minimum atomic E-state index is 0.000944. The minimum Gasteiger partial charge on any atom is -0.309 e. The highest BCUT2D eigenvalue weighted by molar-refractivity contribution is 6.16. The molecule has 1 heterocycles. The molecule has 0 radical (unpaired) electrons. The van der Waals surface area contributed by atoms with Crippen molar-refractivity contribution >= 4 is 32.6 Å². The molecule has 0 spiro atoms. The fraction of sp³-hybridized carbons (Fsp3) is 0.0811. The van der Waals surface area contributed by atoms with Crippen LogP contribution >= 0.6 is 0 Å². The molecule has 7 aromatic rings. The molecule has 1 aromatic heterocycles. The summed E-state index contributed by atoms with van der Waals surface area (Å²) in [5.74, 6) is 0. The van der Waals surface area contributed by atoms with E-state index >= 15 is 0 Å². The zero-order chi connectivity index (χ0) is 25.4. The number of rotatable bonds is 2. The molecule has 0 saturated carbocycles. The molecule has 38 heavy (non-hydrogen) atoms. The van der Waals surface area contributed by atoms with Gasteiger partial charge in [-0.05, 0) is 74.5 Å². The Hall–Kier alpha value is -4.62. The first-order chi connectivity index (χ1) is 18.6. The molecule has 0 unspecified atom stereocenters. The standard InChI is InChI=1S/C37H27N/c1-37(2)32-17-8-6-16-29(32)36-30-23-31-28-15-7-9-18-34(28)38(35(31)22-26(30)19-20-33(36)37)27-14-10-13-25(21-27)24-11-4-3-5-12-24/h3-23H,1-2H3. The van der Waals surface area contributed by atoms with Crippen molar-refractivity contribution in [3.63, 3.8) is 0 Å². The molecule has 180 valence electrons. The van der Waals surface area contributed by atoms with Gasteiger partial charge in [0.2, 0.25) is 0 Å². The Labute approximate surface area is 222 Å². The van der Waals surface area contributed by atoms with Gasteiger partial charge in [-0.15, -0.1) is 0 Å². The molecular weight excluding hydrogens is 458 g/mol. The summed E-state index contributed by atoms with van der Waals surface area (Å²) in [6.07, 6.45) is 0. The summed E-state index contributed by atoms with van der Waals surface area (Å²) in [5.41, 5.74) is 11.7. The second kappa shape index (κ2) is 7.69. The summed E-state index contributed by atoms with van der Waals surface area (Å²) >= 11 is 0. The summed E-state index contributed by atoms with van der Waals surface area (Å²) < 4.78 is 2.43. The van der Waals surface area contributed by atoms with Crippen molar-refractivity contribution in [1.29, 1.82) is 0 Å². The van der Waals surface area contributed by atoms with E-state index in [2.05, 4.69) is 146 Å². The third kappa shape index (κ3) is 2.87. The van der Waals surface area contributed by atoms with E-state index in [-0.39, 0.29) is 5.41 Å². The number of hydrogen-bond acceptors (Lipinski definition) is 0. The first-order valence-corrected chi connectivity index (χ1v) is 13.4. The molecule has 0 amide bonds. The maximum atomic E-state index is 2.45. The van der Waals surface area contributed by atoms with Crippen LogP contribution in [-0.4, -0.2) is 4.57 Å². The maximum Gasteiger partial charge on any atom is 0.0547 e. The van der Waals surface area contributed by atoms with Crippen LogP contribution in [0.25, 0.3) is 60.5 Å². The van der Waals surface area contributed by atoms with E-state index < -0.39 is 0 Å². The molecule has 0 atom stereocenters. The lowest BCUT2D eigenvalue weighted by Gasteiger charge is -2.21. The van der Waals surface area contributed by atoms with Gasteiger partial charge in [-0.2, -0.15) is 0 Å². The van der Waals surface area contributed by atoms with Crippen LogP contribution < -0.4 is 0 Å². The van der Waals surface area contributed by atoms with Crippen LogP contribution in [0.1, 0.15) is 25.0 Å². The first kappa shape index (κ1) is 21.5. The van der Waals surface area contributed by atoms with Gasteiger partial charge >= 0.3 is 0 Å². The third-order valence-electron chi connectivity index (χ3n) is 8.57.